The summed E-state index contributed by atoms with van der Waals surface area (Å²) in [6.07, 6.45) is 6.02. The standard InChI is InChI=1S/C14H16N4O3/c19-7-11-5-18(13-1-3-15-9-16-13)6-12(11)17-14(20)10-2-4-21-8-10/h1-4,8-9,11-12,19H,5-7H2,(H,17,20)/t11-,12+/m0/s1. The summed E-state index contributed by atoms with van der Waals surface area (Å²) in [6, 6.07) is 3.29. The predicted molar refractivity (Wildman–Crippen MR) is 74.8 cm³/mol. The van der Waals surface area contributed by atoms with Gasteiger partial charge in [-0.05, 0) is 12.1 Å². The van der Waals surface area contributed by atoms with E-state index in [4.69, 9.17) is 4.42 Å². The summed E-state index contributed by atoms with van der Waals surface area (Å²) in [6.45, 7) is 1.26. The molecule has 21 heavy (non-hydrogen) atoms. The zero-order valence-corrected chi connectivity index (χ0v) is 11.3. The van der Waals surface area contributed by atoms with Gasteiger partial charge in [-0.2, -0.15) is 0 Å². The van der Waals surface area contributed by atoms with Crippen molar-refractivity contribution in [2.75, 3.05) is 24.6 Å². The number of aliphatic hydroxyl groups is 1. The van der Waals surface area contributed by atoms with Gasteiger partial charge in [-0.1, -0.05) is 0 Å². The van der Waals surface area contributed by atoms with Gasteiger partial charge >= 0.3 is 0 Å². The van der Waals surface area contributed by atoms with Crippen molar-refractivity contribution in [1.29, 1.82) is 0 Å². The van der Waals surface area contributed by atoms with E-state index in [-0.39, 0.29) is 24.5 Å². The van der Waals surface area contributed by atoms with Crippen LogP contribution in [0, 0.1) is 5.92 Å². The van der Waals surface area contributed by atoms with Crippen LogP contribution in [0.2, 0.25) is 0 Å². The topological polar surface area (TPSA) is 91.5 Å². The van der Waals surface area contributed by atoms with Gasteiger partial charge in [0.2, 0.25) is 0 Å². The lowest BCUT2D eigenvalue weighted by Crippen LogP contribution is -2.41. The molecule has 2 atom stereocenters. The van der Waals surface area contributed by atoms with E-state index >= 15 is 0 Å². The van der Waals surface area contributed by atoms with Crippen molar-refractivity contribution in [2.24, 2.45) is 5.92 Å². The van der Waals surface area contributed by atoms with Crippen LogP contribution in [0.15, 0.2) is 41.6 Å². The van der Waals surface area contributed by atoms with Crippen LogP contribution in [0.25, 0.3) is 0 Å². The molecule has 0 saturated carbocycles. The van der Waals surface area contributed by atoms with Crippen molar-refractivity contribution >= 4 is 11.7 Å². The number of aliphatic hydroxyl groups excluding tert-OH is 1. The Kier molecular flexibility index (Phi) is 3.83. The maximum Gasteiger partial charge on any atom is 0.254 e. The number of rotatable bonds is 4. The van der Waals surface area contributed by atoms with Gasteiger partial charge < -0.3 is 19.7 Å². The fourth-order valence-corrected chi connectivity index (χ4v) is 2.52. The van der Waals surface area contributed by atoms with Gasteiger partial charge in [0.25, 0.3) is 5.91 Å². The van der Waals surface area contributed by atoms with Gasteiger partial charge in [0.15, 0.2) is 0 Å². The van der Waals surface area contributed by atoms with Crippen LogP contribution in [0.3, 0.4) is 0 Å². The zero-order valence-electron chi connectivity index (χ0n) is 11.3. The van der Waals surface area contributed by atoms with Crippen LogP contribution in [-0.4, -0.2) is 46.7 Å². The zero-order chi connectivity index (χ0) is 14.7. The van der Waals surface area contributed by atoms with Crippen LogP contribution in [0.5, 0.6) is 0 Å². The number of nitrogens with one attached hydrogen (secondary N) is 1. The van der Waals surface area contributed by atoms with Crippen LogP contribution in [0.4, 0.5) is 5.82 Å². The number of furan rings is 1. The van der Waals surface area contributed by atoms with Crippen molar-refractivity contribution < 1.29 is 14.3 Å². The van der Waals surface area contributed by atoms with Crippen molar-refractivity contribution in [3.63, 3.8) is 0 Å². The molecule has 1 amide bonds. The van der Waals surface area contributed by atoms with Crippen molar-refractivity contribution in [3.05, 3.63) is 42.7 Å². The Morgan fingerprint density at radius 2 is 2.38 bits per heavy atom. The van der Waals surface area contributed by atoms with E-state index in [1.165, 1.54) is 18.9 Å². The SMILES string of the molecule is O=C(N[C@@H]1CN(c2ccncn2)C[C@H]1CO)c1ccoc1. The van der Waals surface area contributed by atoms with E-state index in [1.807, 2.05) is 11.0 Å². The lowest BCUT2D eigenvalue weighted by molar-refractivity contribution is 0.0921. The highest BCUT2D eigenvalue weighted by molar-refractivity contribution is 5.94. The van der Waals surface area contributed by atoms with Crippen molar-refractivity contribution in [1.82, 2.24) is 15.3 Å². The average Bonchev–Trinajstić information content (AvgIpc) is 3.17. The fraction of sp³-hybridized carbons (Fsp3) is 0.357. The van der Waals surface area contributed by atoms with E-state index in [1.54, 1.807) is 12.3 Å². The second-order valence-corrected chi connectivity index (χ2v) is 5.01. The first-order valence-electron chi connectivity index (χ1n) is 6.73. The molecule has 1 fully saturated rings. The van der Waals surface area contributed by atoms with Gasteiger partial charge in [0.1, 0.15) is 18.4 Å². The highest BCUT2D eigenvalue weighted by Crippen LogP contribution is 2.22. The van der Waals surface area contributed by atoms with Gasteiger partial charge in [-0.25, -0.2) is 9.97 Å². The molecule has 7 nitrogen and oxygen atoms in total. The first-order valence-corrected chi connectivity index (χ1v) is 6.73. The first kappa shape index (κ1) is 13.6. The molecule has 0 aliphatic carbocycles. The van der Waals surface area contributed by atoms with E-state index in [0.29, 0.717) is 18.7 Å². The van der Waals surface area contributed by atoms with Crippen molar-refractivity contribution in [2.45, 2.75) is 6.04 Å². The minimum Gasteiger partial charge on any atom is -0.472 e. The Morgan fingerprint density at radius 1 is 1.48 bits per heavy atom. The van der Waals surface area contributed by atoms with E-state index in [0.717, 1.165) is 5.82 Å². The smallest absolute Gasteiger partial charge is 0.254 e. The molecule has 1 saturated heterocycles. The molecule has 0 spiro atoms. The molecule has 1 aliphatic heterocycles. The number of nitrogens with zero attached hydrogens (tertiary/aromatic N) is 3. The normalized spacial score (nSPS) is 21.5. The molecule has 3 heterocycles. The molecule has 2 aromatic rings. The number of carbonyl (C=O) groups excluding carboxylic acids is 1. The molecule has 0 radical (unpaired) electrons. The van der Waals surface area contributed by atoms with E-state index in [9.17, 15) is 9.90 Å². The van der Waals surface area contributed by atoms with Crippen LogP contribution in [0.1, 0.15) is 10.4 Å². The summed E-state index contributed by atoms with van der Waals surface area (Å²) in [5, 5.41) is 12.5. The maximum absolute atomic E-state index is 12.1. The molecule has 2 aromatic heterocycles. The molecular formula is C14H16N4O3. The Labute approximate surface area is 121 Å². The third-order valence-electron chi connectivity index (χ3n) is 3.67. The van der Waals surface area contributed by atoms with Crippen LogP contribution < -0.4 is 10.2 Å². The average molecular weight is 288 g/mol. The second-order valence-electron chi connectivity index (χ2n) is 5.01. The Hall–Kier alpha value is -2.41. The van der Waals surface area contributed by atoms with E-state index in [2.05, 4.69) is 15.3 Å². The molecule has 110 valence electrons. The molecule has 0 bridgehead atoms. The van der Waals surface area contributed by atoms with Crippen LogP contribution in [-0.2, 0) is 0 Å². The molecule has 3 rings (SSSR count). The summed E-state index contributed by atoms with van der Waals surface area (Å²) in [4.78, 5) is 22.2. The second kappa shape index (κ2) is 5.92. The number of hydrogen-bond donors (Lipinski definition) is 2. The summed E-state index contributed by atoms with van der Waals surface area (Å²) < 4.78 is 4.91. The molecule has 2 N–H and O–H groups in total. The summed E-state index contributed by atoms with van der Waals surface area (Å²) in [7, 11) is 0. The molecule has 7 heteroatoms. The largest absolute Gasteiger partial charge is 0.472 e. The third-order valence-corrected chi connectivity index (χ3v) is 3.67. The van der Waals surface area contributed by atoms with Crippen molar-refractivity contribution in [3.8, 4) is 0 Å². The summed E-state index contributed by atoms with van der Waals surface area (Å²) >= 11 is 0. The highest BCUT2D eigenvalue weighted by atomic mass is 16.3. The van der Waals surface area contributed by atoms with Gasteiger partial charge in [0, 0.05) is 31.8 Å². The summed E-state index contributed by atoms with van der Waals surface area (Å²) in [5.74, 6) is 0.566. The van der Waals surface area contributed by atoms with Gasteiger partial charge in [-0.3, -0.25) is 4.79 Å². The molecular weight excluding hydrogens is 272 g/mol. The number of aromatic nitrogens is 2. The minimum atomic E-state index is -0.197. The van der Waals surface area contributed by atoms with Gasteiger partial charge in [-0.15, -0.1) is 0 Å². The maximum atomic E-state index is 12.1. The lowest BCUT2D eigenvalue weighted by atomic mass is 10.1. The lowest BCUT2D eigenvalue weighted by Gasteiger charge is -2.17. The fourth-order valence-electron chi connectivity index (χ4n) is 2.52. The Bertz CT molecular complexity index is 588. The quantitative estimate of drug-likeness (QED) is 0.840. The monoisotopic (exact) mass is 288 g/mol. The first-order chi connectivity index (χ1) is 10.3. The molecule has 0 unspecified atom stereocenters. The molecule has 0 aromatic carbocycles. The Balaban J connectivity index is 1.69. The highest BCUT2D eigenvalue weighted by Gasteiger charge is 2.34. The van der Waals surface area contributed by atoms with Crippen LogP contribution >= 0.6 is 0 Å². The Morgan fingerprint density at radius 3 is 3.05 bits per heavy atom. The number of hydrogen-bond acceptors (Lipinski definition) is 6. The number of amides is 1. The van der Waals surface area contributed by atoms with Gasteiger partial charge in [0.05, 0.1) is 17.9 Å². The number of carbonyl (C=O) groups is 1. The van der Waals surface area contributed by atoms with E-state index < -0.39 is 0 Å². The summed E-state index contributed by atoms with van der Waals surface area (Å²) in [5.41, 5.74) is 0.479. The number of anilines is 1. The minimum absolute atomic E-state index is 0.0118. The molecule has 1 aliphatic rings. The third kappa shape index (κ3) is 2.87. The predicted octanol–water partition coefficient (Wildman–Crippen LogP) is 0.297.